The van der Waals surface area contributed by atoms with Crippen molar-refractivity contribution in [2.75, 3.05) is 32.8 Å². The Bertz CT molecular complexity index is 616. The van der Waals surface area contributed by atoms with E-state index in [9.17, 15) is 4.79 Å². The molecule has 0 atom stereocenters. The highest BCUT2D eigenvalue weighted by Gasteiger charge is 2.18. The van der Waals surface area contributed by atoms with Crippen LogP contribution in [0, 0.1) is 5.92 Å². The van der Waals surface area contributed by atoms with Gasteiger partial charge in [-0.2, -0.15) is 0 Å². The predicted molar refractivity (Wildman–Crippen MR) is 110 cm³/mol. The molecule has 27 heavy (non-hydrogen) atoms. The maximum atomic E-state index is 11.6. The van der Waals surface area contributed by atoms with Crippen LogP contribution in [-0.2, 0) is 11.3 Å². The molecule has 0 unspecified atom stereocenters. The first-order chi connectivity index (χ1) is 13.1. The summed E-state index contributed by atoms with van der Waals surface area (Å²) in [4.78, 5) is 18.3. The standard InChI is InChI=1S/C21H34N4O2/c1-4-22-21(23-12-8-14-25-13-7-11-20(25)26)24-15-18-9-5-6-10-19(18)27-16-17(2)3/h5-6,9-10,17H,4,7-8,11-16H2,1-3H3,(H2,22,23,24). The van der Waals surface area contributed by atoms with Crippen LogP contribution in [0.2, 0.25) is 0 Å². The van der Waals surface area contributed by atoms with Crippen molar-refractivity contribution in [1.29, 1.82) is 0 Å². The van der Waals surface area contributed by atoms with Crippen LogP contribution in [0.3, 0.4) is 0 Å². The van der Waals surface area contributed by atoms with E-state index >= 15 is 0 Å². The summed E-state index contributed by atoms with van der Waals surface area (Å²) >= 11 is 0. The van der Waals surface area contributed by atoms with Gasteiger partial charge >= 0.3 is 0 Å². The molecule has 1 amide bonds. The molecular formula is C21H34N4O2. The van der Waals surface area contributed by atoms with Gasteiger partial charge in [0.25, 0.3) is 0 Å². The number of amides is 1. The average molecular weight is 375 g/mol. The van der Waals surface area contributed by atoms with Gasteiger partial charge in [0.1, 0.15) is 5.75 Å². The summed E-state index contributed by atoms with van der Waals surface area (Å²) < 4.78 is 5.91. The van der Waals surface area contributed by atoms with Crippen molar-refractivity contribution in [2.24, 2.45) is 10.9 Å². The Kier molecular flexibility index (Phi) is 8.95. The third kappa shape index (κ3) is 7.49. The van der Waals surface area contributed by atoms with Gasteiger partial charge in [-0.05, 0) is 31.7 Å². The number of ether oxygens (including phenoxy) is 1. The minimum atomic E-state index is 0.286. The van der Waals surface area contributed by atoms with E-state index in [0.29, 0.717) is 25.5 Å². The highest BCUT2D eigenvalue weighted by atomic mass is 16.5. The SMILES string of the molecule is CCNC(=NCc1ccccc1OCC(C)C)NCCCN1CCCC1=O. The summed E-state index contributed by atoms with van der Waals surface area (Å²) in [6.07, 6.45) is 2.62. The van der Waals surface area contributed by atoms with Gasteiger partial charge in [-0.1, -0.05) is 32.0 Å². The first-order valence-corrected chi connectivity index (χ1v) is 10.1. The molecule has 0 saturated carbocycles. The van der Waals surface area contributed by atoms with E-state index in [1.165, 1.54) is 0 Å². The molecule has 1 saturated heterocycles. The summed E-state index contributed by atoms with van der Waals surface area (Å²) in [6, 6.07) is 8.06. The highest BCUT2D eigenvalue weighted by molar-refractivity contribution is 5.80. The Morgan fingerprint density at radius 3 is 2.81 bits per heavy atom. The van der Waals surface area contributed by atoms with Crippen molar-refractivity contribution < 1.29 is 9.53 Å². The normalized spacial score (nSPS) is 14.7. The zero-order chi connectivity index (χ0) is 19.5. The van der Waals surface area contributed by atoms with Crippen molar-refractivity contribution in [2.45, 2.75) is 46.6 Å². The molecule has 1 aromatic rings. The predicted octanol–water partition coefficient (Wildman–Crippen LogP) is 2.79. The van der Waals surface area contributed by atoms with Crippen LogP contribution in [0.4, 0.5) is 0 Å². The molecular weight excluding hydrogens is 340 g/mol. The van der Waals surface area contributed by atoms with E-state index in [4.69, 9.17) is 4.74 Å². The zero-order valence-corrected chi connectivity index (χ0v) is 17.0. The molecule has 150 valence electrons. The van der Waals surface area contributed by atoms with E-state index in [0.717, 1.165) is 56.3 Å². The molecule has 2 N–H and O–H groups in total. The van der Waals surface area contributed by atoms with Gasteiger partial charge in [0.15, 0.2) is 5.96 Å². The van der Waals surface area contributed by atoms with E-state index in [1.807, 2.05) is 23.1 Å². The lowest BCUT2D eigenvalue weighted by Crippen LogP contribution is -2.39. The van der Waals surface area contributed by atoms with Crippen LogP contribution in [0.25, 0.3) is 0 Å². The number of hydrogen-bond acceptors (Lipinski definition) is 3. The van der Waals surface area contributed by atoms with Gasteiger partial charge in [0.05, 0.1) is 13.2 Å². The molecule has 6 heteroatoms. The summed E-state index contributed by atoms with van der Waals surface area (Å²) in [5.41, 5.74) is 1.08. The molecule has 1 heterocycles. The van der Waals surface area contributed by atoms with Gasteiger partial charge in [0, 0.05) is 38.2 Å². The average Bonchev–Trinajstić information content (AvgIpc) is 3.07. The molecule has 1 aromatic carbocycles. The number of likely N-dealkylation sites (tertiary alicyclic amines) is 1. The van der Waals surface area contributed by atoms with Crippen molar-refractivity contribution in [3.8, 4) is 5.75 Å². The van der Waals surface area contributed by atoms with Crippen LogP contribution in [0.15, 0.2) is 29.3 Å². The summed E-state index contributed by atoms with van der Waals surface area (Å²) in [5, 5.41) is 6.64. The quantitative estimate of drug-likeness (QED) is 0.375. The van der Waals surface area contributed by atoms with Gasteiger partial charge in [-0.25, -0.2) is 4.99 Å². The number of para-hydroxylation sites is 1. The summed E-state index contributed by atoms with van der Waals surface area (Å²) in [6.45, 7) is 10.9. The Labute approximate surface area is 163 Å². The lowest BCUT2D eigenvalue weighted by molar-refractivity contribution is -0.127. The Morgan fingerprint density at radius 1 is 1.30 bits per heavy atom. The fraction of sp³-hybridized carbons (Fsp3) is 0.619. The molecule has 0 aliphatic carbocycles. The molecule has 1 aliphatic rings. The van der Waals surface area contributed by atoms with E-state index < -0.39 is 0 Å². The first kappa shape index (κ1) is 21.1. The van der Waals surface area contributed by atoms with Crippen LogP contribution < -0.4 is 15.4 Å². The monoisotopic (exact) mass is 374 g/mol. The van der Waals surface area contributed by atoms with Crippen molar-refractivity contribution in [3.63, 3.8) is 0 Å². The molecule has 0 aromatic heterocycles. The van der Waals surface area contributed by atoms with E-state index in [2.05, 4.69) is 42.5 Å². The number of nitrogens with one attached hydrogen (secondary N) is 2. The third-order valence-electron chi connectivity index (χ3n) is 4.37. The molecule has 2 rings (SSSR count). The van der Waals surface area contributed by atoms with Gasteiger partial charge in [-0.3, -0.25) is 4.79 Å². The minimum absolute atomic E-state index is 0.286. The second-order valence-corrected chi connectivity index (χ2v) is 7.27. The lowest BCUT2D eigenvalue weighted by atomic mass is 10.2. The maximum absolute atomic E-state index is 11.6. The van der Waals surface area contributed by atoms with Crippen LogP contribution in [-0.4, -0.2) is 49.6 Å². The number of rotatable bonds is 10. The fourth-order valence-electron chi connectivity index (χ4n) is 2.95. The largest absolute Gasteiger partial charge is 0.493 e. The van der Waals surface area contributed by atoms with Gasteiger partial charge in [-0.15, -0.1) is 0 Å². The Morgan fingerprint density at radius 2 is 2.11 bits per heavy atom. The summed E-state index contributed by atoms with van der Waals surface area (Å²) in [7, 11) is 0. The van der Waals surface area contributed by atoms with Crippen LogP contribution in [0.1, 0.15) is 45.6 Å². The molecule has 1 fully saturated rings. The second-order valence-electron chi connectivity index (χ2n) is 7.27. The number of guanidine groups is 1. The van der Waals surface area contributed by atoms with Crippen molar-refractivity contribution >= 4 is 11.9 Å². The number of nitrogens with zero attached hydrogens (tertiary/aromatic N) is 2. The van der Waals surface area contributed by atoms with Crippen LogP contribution >= 0.6 is 0 Å². The van der Waals surface area contributed by atoms with Crippen LogP contribution in [0.5, 0.6) is 5.75 Å². The molecule has 0 spiro atoms. The van der Waals surface area contributed by atoms with Crippen molar-refractivity contribution in [1.82, 2.24) is 15.5 Å². The topological polar surface area (TPSA) is 66.0 Å². The number of hydrogen-bond donors (Lipinski definition) is 2. The number of carbonyl (C=O) groups is 1. The van der Waals surface area contributed by atoms with Gasteiger partial charge in [0.2, 0.25) is 5.91 Å². The maximum Gasteiger partial charge on any atom is 0.222 e. The highest BCUT2D eigenvalue weighted by Crippen LogP contribution is 2.19. The first-order valence-electron chi connectivity index (χ1n) is 10.1. The van der Waals surface area contributed by atoms with E-state index in [1.54, 1.807) is 0 Å². The minimum Gasteiger partial charge on any atom is -0.493 e. The molecule has 0 radical (unpaired) electrons. The number of benzene rings is 1. The van der Waals surface area contributed by atoms with Crippen molar-refractivity contribution in [3.05, 3.63) is 29.8 Å². The Balaban J connectivity index is 1.84. The summed E-state index contributed by atoms with van der Waals surface area (Å²) in [5.74, 6) is 2.47. The second kappa shape index (κ2) is 11.5. The Hall–Kier alpha value is -2.24. The lowest BCUT2D eigenvalue weighted by Gasteiger charge is -2.17. The van der Waals surface area contributed by atoms with Gasteiger partial charge < -0.3 is 20.3 Å². The smallest absolute Gasteiger partial charge is 0.222 e. The molecule has 0 bridgehead atoms. The third-order valence-corrected chi connectivity index (χ3v) is 4.37. The van der Waals surface area contributed by atoms with E-state index in [-0.39, 0.29) is 5.91 Å². The molecule has 6 nitrogen and oxygen atoms in total. The fourth-order valence-corrected chi connectivity index (χ4v) is 2.95. The number of aliphatic imine (C=N–C) groups is 1. The molecule has 1 aliphatic heterocycles. The number of carbonyl (C=O) groups excluding carboxylic acids is 1. The zero-order valence-electron chi connectivity index (χ0n) is 17.0.